The van der Waals surface area contributed by atoms with Gasteiger partial charge in [0.25, 0.3) is 0 Å². The second kappa shape index (κ2) is 8.15. The highest BCUT2D eigenvalue weighted by Crippen LogP contribution is 2.26. The molecule has 1 rings (SSSR count). The summed E-state index contributed by atoms with van der Waals surface area (Å²) < 4.78 is 5.77. The average Bonchev–Trinajstić information content (AvgIpc) is 2.35. The Kier molecular flexibility index (Phi) is 6.81. The van der Waals surface area contributed by atoms with Gasteiger partial charge in [-0.2, -0.15) is 0 Å². The Bertz CT molecular complexity index is 345. The first kappa shape index (κ1) is 15.0. The van der Waals surface area contributed by atoms with Gasteiger partial charge in [-0.15, -0.1) is 0 Å². The highest BCUT2D eigenvalue weighted by molar-refractivity contribution is 5.38. The Balaban J connectivity index is 2.42. The molecule has 0 radical (unpaired) electrons. The van der Waals surface area contributed by atoms with Crippen LogP contribution < -0.4 is 4.74 Å². The van der Waals surface area contributed by atoms with Crippen LogP contribution in [0.4, 0.5) is 0 Å². The van der Waals surface area contributed by atoms with Crippen molar-refractivity contribution in [2.75, 3.05) is 6.61 Å². The first-order chi connectivity index (χ1) is 8.65. The summed E-state index contributed by atoms with van der Waals surface area (Å²) in [6.45, 7) is 6.77. The molecule has 0 amide bonds. The van der Waals surface area contributed by atoms with E-state index in [0.717, 1.165) is 29.9 Å². The van der Waals surface area contributed by atoms with Crippen molar-refractivity contribution in [3.63, 3.8) is 0 Å². The lowest BCUT2D eigenvalue weighted by Gasteiger charge is -2.14. The Hall–Kier alpha value is -1.02. The van der Waals surface area contributed by atoms with Crippen molar-refractivity contribution in [1.29, 1.82) is 0 Å². The van der Waals surface area contributed by atoms with Gasteiger partial charge in [-0.1, -0.05) is 44.2 Å². The minimum absolute atomic E-state index is 0.472. The van der Waals surface area contributed by atoms with E-state index in [4.69, 9.17) is 4.74 Å². The number of hydrogen-bond donors (Lipinski definition) is 1. The van der Waals surface area contributed by atoms with Gasteiger partial charge in [0.15, 0.2) is 0 Å². The zero-order valence-electron chi connectivity index (χ0n) is 11.9. The van der Waals surface area contributed by atoms with Crippen molar-refractivity contribution in [2.45, 2.75) is 59.0 Å². The van der Waals surface area contributed by atoms with Gasteiger partial charge in [0, 0.05) is 5.56 Å². The molecule has 0 aliphatic heterocycles. The van der Waals surface area contributed by atoms with Crippen LogP contribution in [0.3, 0.4) is 0 Å². The highest BCUT2D eigenvalue weighted by atomic mass is 16.5. The van der Waals surface area contributed by atoms with Crippen molar-refractivity contribution in [3.05, 3.63) is 29.3 Å². The molecule has 0 fully saturated rings. The number of ether oxygens (including phenoxy) is 1. The molecule has 1 atom stereocenters. The average molecular weight is 250 g/mol. The number of aliphatic hydroxyl groups excluding tert-OH is 1. The number of unbranched alkanes of at least 4 members (excludes halogenated alkanes) is 4. The van der Waals surface area contributed by atoms with E-state index in [-0.39, 0.29) is 0 Å². The lowest BCUT2D eigenvalue weighted by Crippen LogP contribution is -2.02. The van der Waals surface area contributed by atoms with Gasteiger partial charge in [0.2, 0.25) is 0 Å². The zero-order valence-corrected chi connectivity index (χ0v) is 11.9. The van der Waals surface area contributed by atoms with Gasteiger partial charge in [0.05, 0.1) is 12.7 Å². The van der Waals surface area contributed by atoms with Crippen LogP contribution >= 0.6 is 0 Å². The normalized spacial score (nSPS) is 12.4. The van der Waals surface area contributed by atoms with Crippen molar-refractivity contribution >= 4 is 0 Å². The number of aliphatic hydroxyl groups is 1. The van der Waals surface area contributed by atoms with Crippen LogP contribution in [-0.2, 0) is 0 Å². The Morgan fingerprint density at radius 1 is 1.17 bits per heavy atom. The molecule has 2 heteroatoms. The Labute approximate surface area is 111 Å². The molecule has 0 aromatic heterocycles. The molecule has 1 aromatic carbocycles. The largest absolute Gasteiger partial charge is 0.493 e. The topological polar surface area (TPSA) is 29.5 Å². The third-order valence-corrected chi connectivity index (χ3v) is 3.12. The molecule has 0 bridgehead atoms. The van der Waals surface area contributed by atoms with Gasteiger partial charge in [-0.25, -0.2) is 0 Å². The molecule has 0 spiro atoms. The van der Waals surface area contributed by atoms with Gasteiger partial charge in [-0.3, -0.25) is 0 Å². The van der Waals surface area contributed by atoms with Crippen LogP contribution in [0, 0.1) is 6.92 Å². The molecule has 1 aromatic rings. The van der Waals surface area contributed by atoms with E-state index in [1.54, 1.807) is 6.92 Å². The number of hydrogen-bond acceptors (Lipinski definition) is 2. The Morgan fingerprint density at radius 2 is 1.89 bits per heavy atom. The van der Waals surface area contributed by atoms with E-state index in [9.17, 15) is 5.11 Å². The second-order valence-corrected chi connectivity index (χ2v) is 4.98. The monoisotopic (exact) mass is 250 g/mol. The van der Waals surface area contributed by atoms with Crippen molar-refractivity contribution in [2.24, 2.45) is 0 Å². The quantitative estimate of drug-likeness (QED) is 0.693. The van der Waals surface area contributed by atoms with Gasteiger partial charge in [-0.05, 0) is 32.4 Å². The van der Waals surface area contributed by atoms with Crippen molar-refractivity contribution in [1.82, 2.24) is 0 Å². The second-order valence-electron chi connectivity index (χ2n) is 4.98. The summed E-state index contributed by atoms with van der Waals surface area (Å²) >= 11 is 0. The van der Waals surface area contributed by atoms with Gasteiger partial charge in [0.1, 0.15) is 5.75 Å². The fourth-order valence-electron chi connectivity index (χ4n) is 2.01. The fraction of sp³-hybridized carbons (Fsp3) is 0.625. The molecule has 0 aliphatic carbocycles. The summed E-state index contributed by atoms with van der Waals surface area (Å²) in [4.78, 5) is 0. The number of rotatable bonds is 8. The maximum absolute atomic E-state index is 9.72. The van der Waals surface area contributed by atoms with Crippen LogP contribution in [0.5, 0.6) is 5.75 Å². The minimum atomic E-state index is -0.472. The van der Waals surface area contributed by atoms with Crippen LogP contribution in [0.1, 0.15) is 63.2 Å². The molecule has 2 nitrogen and oxygen atoms in total. The standard InChI is InChI=1S/C16H26O2/c1-4-5-6-7-8-11-18-16-10-9-13(2)12-15(16)14(3)17/h9-10,12,14,17H,4-8,11H2,1-3H3/t14-/m0/s1. The zero-order chi connectivity index (χ0) is 13.4. The van der Waals surface area contributed by atoms with Crippen LogP contribution in [0.15, 0.2) is 18.2 Å². The van der Waals surface area contributed by atoms with Crippen LogP contribution in [0.2, 0.25) is 0 Å². The fourth-order valence-corrected chi connectivity index (χ4v) is 2.01. The molecule has 0 heterocycles. The van der Waals surface area contributed by atoms with Crippen LogP contribution in [-0.4, -0.2) is 11.7 Å². The van der Waals surface area contributed by atoms with E-state index < -0.39 is 6.10 Å². The molecule has 102 valence electrons. The van der Waals surface area contributed by atoms with E-state index in [2.05, 4.69) is 6.92 Å². The number of aryl methyl sites for hydroxylation is 1. The smallest absolute Gasteiger partial charge is 0.125 e. The predicted molar refractivity (Wildman–Crippen MR) is 76.1 cm³/mol. The van der Waals surface area contributed by atoms with Crippen LogP contribution in [0.25, 0.3) is 0 Å². The lowest BCUT2D eigenvalue weighted by atomic mass is 10.1. The minimum Gasteiger partial charge on any atom is -0.493 e. The molecule has 18 heavy (non-hydrogen) atoms. The summed E-state index contributed by atoms with van der Waals surface area (Å²) in [5.41, 5.74) is 2.05. The molecule has 0 saturated carbocycles. The molecule has 0 saturated heterocycles. The summed E-state index contributed by atoms with van der Waals surface area (Å²) in [6, 6.07) is 5.98. The van der Waals surface area contributed by atoms with Crippen molar-refractivity contribution in [3.8, 4) is 5.75 Å². The van der Waals surface area contributed by atoms with Crippen molar-refractivity contribution < 1.29 is 9.84 Å². The third kappa shape index (κ3) is 5.09. The van der Waals surface area contributed by atoms with E-state index in [1.807, 2.05) is 25.1 Å². The molecular formula is C16H26O2. The molecule has 1 N–H and O–H groups in total. The van der Waals surface area contributed by atoms with Gasteiger partial charge >= 0.3 is 0 Å². The maximum atomic E-state index is 9.72. The predicted octanol–water partition coefficient (Wildman–Crippen LogP) is 4.40. The first-order valence-electron chi connectivity index (χ1n) is 7.06. The molecule has 0 unspecified atom stereocenters. The summed E-state index contributed by atoms with van der Waals surface area (Å²) in [5, 5.41) is 9.72. The first-order valence-corrected chi connectivity index (χ1v) is 7.06. The Morgan fingerprint density at radius 3 is 2.56 bits per heavy atom. The lowest BCUT2D eigenvalue weighted by molar-refractivity contribution is 0.190. The number of benzene rings is 1. The summed E-state index contributed by atoms with van der Waals surface area (Å²) in [6.07, 6.45) is 5.71. The summed E-state index contributed by atoms with van der Waals surface area (Å²) in [5.74, 6) is 0.825. The molecular weight excluding hydrogens is 224 g/mol. The van der Waals surface area contributed by atoms with Gasteiger partial charge < -0.3 is 9.84 Å². The SMILES string of the molecule is CCCCCCCOc1ccc(C)cc1[C@H](C)O. The molecule has 0 aliphatic rings. The van der Waals surface area contributed by atoms with E-state index >= 15 is 0 Å². The van der Waals surface area contributed by atoms with E-state index in [1.165, 1.54) is 25.7 Å². The summed E-state index contributed by atoms with van der Waals surface area (Å²) in [7, 11) is 0. The van der Waals surface area contributed by atoms with E-state index in [0.29, 0.717) is 0 Å². The highest BCUT2D eigenvalue weighted by Gasteiger charge is 2.09. The third-order valence-electron chi connectivity index (χ3n) is 3.12. The maximum Gasteiger partial charge on any atom is 0.125 e.